The van der Waals surface area contributed by atoms with Crippen LogP contribution >= 0.6 is 0 Å². The summed E-state index contributed by atoms with van der Waals surface area (Å²) < 4.78 is 10.5. The van der Waals surface area contributed by atoms with Crippen LogP contribution in [-0.4, -0.2) is 37.3 Å². The number of methoxy groups -OCH3 is 1. The molecule has 0 N–H and O–H groups in total. The van der Waals surface area contributed by atoms with E-state index in [-0.39, 0.29) is 11.9 Å². The van der Waals surface area contributed by atoms with Crippen molar-refractivity contribution in [2.75, 3.05) is 25.1 Å². The van der Waals surface area contributed by atoms with E-state index < -0.39 is 0 Å². The van der Waals surface area contributed by atoms with E-state index in [2.05, 4.69) is 9.88 Å². The average Bonchev–Trinajstić information content (AvgIpc) is 3.10. The molecule has 1 aromatic heterocycles. The van der Waals surface area contributed by atoms with Crippen molar-refractivity contribution in [3.63, 3.8) is 0 Å². The van der Waals surface area contributed by atoms with Gasteiger partial charge in [0.2, 0.25) is 5.88 Å². The summed E-state index contributed by atoms with van der Waals surface area (Å²) in [5, 5.41) is 0. The second-order valence-electron chi connectivity index (χ2n) is 5.12. The van der Waals surface area contributed by atoms with Crippen LogP contribution in [0.3, 0.4) is 0 Å². The topological polar surface area (TPSA) is 51.7 Å². The van der Waals surface area contributed by atoms with Crippen LogP contribution < -0.4 is 9.64 Å². The first-order chi connectivity index (χ1) is 9.26. The average molecular weight is 262 g/mol. The molecule has 1 saturated carbocycles. The van der Waals surface area contributed by atoms with Crippen LogP contribution in [0, 0.1) is 5.92 Å². The lowest BCUT2D eigenvalue weighted by Crippen LogP contribution is -2.23. The van der Waals surface area contributed by atoms with Crippen LogP contribution in [0.2, 0.25) is 0 Å². The largest absolute Gasteiger partial charge is 0.474 e. The van der Waals surface area contributed by atoms with E-state index in [9.17, 15) is 4.79 Å². The Hall–Kier alpha value is -1.78. The van der Waals surface area contributed by atoms with E-state index in [1.807, 2.05) is 12.1 Å². The molecule has 5 nitrogen and oxygen atoms in total. The van der Waals surface area contributed by atoms with Gasteiger partial charge in [0.1, 0.15) is 6.10 Å². The van der Waals surface area contributed by atoms with E-state index in [0.717, 1.165) is 31.5 Å². The summed E-state index contributed by atoms with van der Waals surface area (Å²) in [5.41, 5.74) is 1.07. The molecule has 19 heavy (non-hydrogen) atoms. The van der Waals surface area contributed by atoms with Crippen LogP contribution in [-0.2, 0) is 9.53 Å². The maximum Gasteiger partial charge on any atom is 0.310 e. The standard InChI is InChI=1S/C14H18N2O3/c1-18-14(17)10-5-7-16(9-10)11-4-6-15-13(8-11)19-12-2-3-12/h4,6,8,10,12H,2-3,5,7,9H2,1H3. The Balaban J connectivity index is 1.67. The van der Waals surface area contributed by atoms with E-state index in [1.165, 1.54) is 7.11 Å². The summed E-state index contributed by atoms with van der Waals surface area (Å²) >= 11 is 0. The molecule has 2 fully saturated rings. The quantitative estimate of drug-likeness (QED) is 0.772. The van der Waals surface area contributed by atoms with Gasteiger partial charge in [0.25, 0.3) is 0 Å². The first kappa shape index (κ1) is 12.3. The van der Waals surface area contributed by atoms with Crippen molar-refractivity contribution in [1.29, 1.82) is 0 Å². The molecule has 5 heteroatoms. The highest BCUT2D eigenvalue weighted by Gasteiger charge is 2.29. The minimum absolute atomic E-state index is 0.0223. The van der Waals surface area contributed by atoms with Crippen molar-refractivity contribution in [3.05, 3.63) is 18.3 Å². The SMILES string of the molecule is COC(=O)C1CCN(c2ccnc(OC3CC3)c2)C1. The Bertz CT molecular complexity index is 474. The van der Waals surface area contributed by atoms with Gasteiger partial charge < -0.3 is 14.4 Å². The zero-order valence-electron chi connectivity index (χ0n) is 11.0. The summed E-state index contributed by atoms with van der Waals surface area (Å²) in [5.74, 6) is 0.540. The Kier molecular flexibility index (Phi) is 3.27. The Morgan fingerprint density at radius 3 is 3.00 bits per heavy atom. The highest BCUT2D eigenvalue weighted by atomic mass is 16.5. The van der Waals surface area contributed by atoms with Crippen molar-refractivity contribution < 1.29 is 14.3 Å². The number of rotatable bonds is 4. The number of hydrogen-bond donors (Lipinski definition) is 0. The third-order valence-corrected chi connectivity index (χ3v) is 3.62. The molecule has 102 valence electrons. The van der Waals surface area contributed by atoms with E-state index >= 15 is 0 Å². The van der Waals surface area contributed by atoms with Crippen molar-refractivity contribution in [1.82, 2.24) is 4.98 Å². The zero-order valence-corrected chi connectivity index (χ0v) is 11.0. The molecule has 0 amide bonds. The predicted molar refractivity (Wildman–Crippen MR) is 70.2 cm³/mol. The fourth-order valence-electron chi connectivity index (χ4n) is 2.37. The number of carbonyl (C=O) groups excluding carboxylic acids is 1. The molecule has 1 aliphatic carbocycles. The van der Waals surface area contributed by atoms with Gasteiger partial charge in [0, 0.05) is 31.0 Å². The molecule has 0 radical (unpaired) electrons. The molecular weight excluding hydrogens is 244 g/mol. The third kappa shape index (κ3) is 2.80. The summed E-state index contributed by atoms with van der Waals surface area (Å²) in [6.07, 6.45) is 5.20. The van der Waals surface area contributed by atoms with E-state index in [4.69, 9.17) is 9.47 Å². The second-order valence-corrected chi connectivity index (χ2v) is 5.12. The summed E-state index contributed by atoms with van der Waals surface area (Å²) in [7, 11) is 1.44. The van der Waals surface area contributed by atoms with Gasteiger partial charge in [0.05, 0.1) is 13.0 Å². The Labute approximate surface area is 112 Å². The van der Waals surface area contributed by atoms with Crippen molar-refractivity contribution >= 4 is 11.7 Å². The highest BCUT2D eigenvalue weighted by Crippen LogP contribution is 2.29. The summed E-state index contributed by atoms with van der Waals surface area (Å²) in [6, 6.07) is 3.91. The van der Waals surface area contributed by atoms with Crippen LogP contribution in [0.25, 0.3) is 0 Å². The Morgan fingerprint density at radius 2 is 2.26 bits per heavy atom. The number of ether oxygens (including phenoxy) is 2. The fourth-order valence-corrected chi connectivity index (χ4v) is 2.37. The normalized spacial score (nSPS) is 22.4. The first-order valence-electron chi connectivity index (χ1n) is 6.72. The highest BCUT2D eigenvalue weighted by molar-refractivity contribution is 5.74. The number of nitrogens with zero attached hydrogens (tertiary/aromatic N) is 2. The predicted octanol–water partition coefficient (Wildman–Crippen LogP) is 1.62. The van der Waals surface area contributed by atoms with Gasteiger partial charge in [-0.05, 0) is 25.3 Å². The molecule has 1 atom stereocenters. The maximum atomic E-state index is 11.5. The monoisotopic (exact) mass is 262 g/mol. The molecule has 2 heterocycles. The molecule has 1 unspecified atom stereocenters. The number of hydrogen-bond acceptors (Lipinski definition) is 5. The molecule has 2 aliphatic rings. The van der Waals surface area contributed by atoms with Gasteiger partial charge in [-0.15, -0.1) is 0 Å². The van der Waals surface area contributed by atoms with Gasteiger partial charge in [-0.2, -0.15) is 0 Å². The lowest BCUT2D eigenvalue weighted by molar-refractivity contribution is -0.144. The number of esters is 1. The van der Waals surface area contributed by atoms with Crippen LogP contribution in [0.1, 0.15) is 19.3 Å². The van der Waals surface area contributed by atoms with Crippen LogP contribution in [0.5, 0.6) is 5.88 Å². The van der Waals surface area contributed by atoms with E-state index in [1.54, 1.807) is 6.20 Å². The van der Waals surface area contributed by atoms with Crippen molar-refractivity contribution in [2.24, 2.45) is 5.92 Å². The third-order valence-electron chi connectivity index (χ3n) is 3.62. The lowest BCUT2D eigenvalue weighted by atomic mass is 10.1. The summed E-state index contributed by atoms with van der Waals surface area (Å²) in [6.45, 7) is 1.58. The number of aromatic nitrogens is 1. The minimum Gasteiger partial charge on any atom is -0.474 e. The molecule has 1 aromatic rings. The molecule has 0 aromatic carbocycles. The summed E-state index contributed by atoms with van der Waals surface area (Å²) in [4.78, 5) is 17.9. The number of carbonyl (C=O) groups is 1. The van der Waals surface area contributed by atoms with Gasteiger partial charge in [0.15, 0.2) is 0 Å². The van der Waals surface area contributed by atoms with Crippen LogP contribution in [0.4, 0.5) is 5.69 Å². The number of pyridine rings is 1. The molecule has 0 bridgehead atoms. The van der Waals surface area contributed by atoms with Crippen LogP contribution in [0.15, 0.2) is 18.3 Å². The van der Waals surface area contributed by atoms with Gasteiger partial charge >= 0.3 is 5.97 Å². The molecule has 1 saturated heterocycles. The maximum absolute atomic E-state index is 11.5. The van der Waals surface area contributed by atoms with Crippen molar-refractivity contribution in [3.8, 4) is 5.88 Å². The molecule has 1 aliphatic heterocycles. The van der Waals surface area contributed by atoms with E-state index in [0.29, 0.717) is 18.5 Å². The number of anilines is 1. The Morgan fingerprint density at radius 1 is 1.42 bits per heavy atom. The smallest absolute Gasteiger partial charge is 0.310 e. The van der Waals surface area contributed by atoms with Gasteiger partial charge in [-0.25, -0.2) is 4.98 Å². The first-order valence-corrected chi connectivity index (χ1v) is 6.72. The lowest BCUT2D eigenvalue weighted by Gasteiger charge is -2.18. The second kappa shape index (κ2) is 5.07. The molecule has 3 rings (SSSR count). The minimum atomic E-state index is -0.119. The molecular formula is C14H18N2O3. The van der Waals surface area contributed by atoms with Gasteiger partial charge in [-0.3, -0.25) is 4.79 Å². The molecule has 0 spiro atoms. The fraction of sp³-hybridized carbons (Fsp3) is 0.571. The zero-order chi connectivity index (χ0) is 13.2. The van der Waals surface area contributed by atoms with Gasteiger partial charge in [-0.1, -0.05) is 0 Å². The van der Waals surface area contributed by atoms with Crippen molar-refractivity contribution in [2.45, 2.75) is 25.4 Å².